The molecule has 0 aromatic heterocycles. The molecule has 0 fully saturated rings. The summed E-state index contributed by atoms with van der Waals surface area (Å²) in [5.74, 6) is -2.39. The van der Waals surface area contributed by atoms with E-state index in [2.05, 4.69) is 0 Å². The number of ether oxygens (including phenoxy) is 2. The molecule has 0 amide bonds. The highest BCUT2D eigenvalue weighted by Crippen LogP contribution is 2.16. The van der Waals surface area contributed by atoms with E-state index in [1.165, 1.54) is 24.3 Å². The van der Waals surface area contributed by atoms with Crippen molar-refractivity contribution in [1.29, 1.82) is 0 Å². The zero-order valence-corrected chi connectivity index (χ0v) is 10.6. The molecule has 0 atom stereocenters. The molecule has 0 aliphatic heterocycles. The summed E-state index contributed by atoms with van der Waals surface area (Å²) < 4.78 is 22.3. The summed E-state index contributed by atoms with van der Waals surface area (Å²) in [6, 6.07) is 5.10. The normalized spacial score (nSPS) is 11.5. The first-order valence-electron chi connectivity index (χ1n) is 5.57. The van der Waals surface area contributed by atoms with Gasteiger partial charge in [0, 0.05) is 12.5 Å². The highest BCUT2D eigenvalue weighted by molar-refractivity contribution is 5.97. The van der Waals surface area contributed by atoms with Gasteiger partial charge in [-0.15, -0.1) is 0 Å². The van der Waals surface area contributed by atoms with E-state index >= 15 is 0 Å². The summed E-state index contributed by atoms with van der Waals surface area (Å²) in [5, 5.41) is 0. The molecule has 0 aliphatic carbocycles. The Bertz CT molecular complexity index is 508. The van der Waals surface area contributed by atoms with Crippen LogP contribution in [0.2, 0.25) is 0 Å². The van der Waals surface area contributed by atoms with Gasteiger partial charge in [0.25, 0.3) is 0 Å². The third-order valence-corrected chi connectivity index (χ3v) is 2.11. The molecule has 102 valence electrons. The fourth-order valence-corrected chi connectivity index (χ4v) is 1.31. The van der Waals surface area contributed by atoms with Crippen LogP contribution in [0.25, 0.3) is 5.70 Å². The third-order valence-electron chi connectivity index (χ3n) is 2.11. The first-order chi connectivity index (χ1) is 8.95. The van der Waals surface area contributed by atoms with Gasteiger partial charge in [-0.1, -0.05) is 0 Å². The second-order valence-electron chi connectivity index (χ2n) is 3.56. The Morgan fingerprint density at radius 1 is 1.26 bits per heavy atom. The lowest BCUT2D eigenvalue weighted by molar-refractivity contribution is -0.149. The van der Waals surface area contributed by atoms with Gasteiger partial charge in [-0.05, 0) is 31.2 Å². The Morgan fingerprint density at radius 2 is 1.84 bits per heavy atom. The van der Waals surface area contributed by atoms with Gasteiger partial charge >= 0.3 is 11.9 Å². The maximum Gasteiger partial charge on any atom is 0.376 e. The van der Waals surface area contributed by atoms with Gasteiger partial charge in [0.15, 0.2) is 0 Å². The van der Waals surface area contributed by atoms with E-state index in [1.54, 1.807) is 6.92 Å². The lowest BCUT2D eigenvalue weighted by atomic mass is 10.1. The summed E-state index contributed by atoms with van der Waals surface area (Å²) >= 11 is 0. The predicted molar refractivity (Wildman–Crippen MR) is 65.9 cm³/mol. The van der Waals surface area contributed by atoms with Crippen molar-refractivity contribution in [1.82, 2.24) is 0 Å². The highest BCUT2D eigenvalue weighted by Gasteiger charge is 2.20. The Morgan fingerprint density at radius 3 is 2.32 bits per heavy atom. The Hall–Kier alpha value is -2.37. The van der Waals surface area contributed by atoms with E-state index in [9.17, 15) is 14.0 Å². The summed E-state index contributed by atoms with van der Waals surface area (Å²) in [7, 11) is 0. The van der Waals surface area contributed by atoms with Gasteiger partial charge in [-0.2, -0.15) is 0 Å². The van der Waals surface area contributed by atoms with Crippen molar-refractivity contribution in [3.05, 3.63) is 41.4 Å². The number of carbonyl (C=O) groups is 2. The predicted octanol–water partition coefficient (Wildman–Crippen LogP) is 1.58. The average molecular weight is 267 g/mol. The van der Waals surface area contributed by atoms with Crippen molar-refractivity contribution >= 4 is 17.6 Å². The summed E-state index contributed by atoms with van der Waals surface area (Å²) in [6.45, 7) is 2.86. The number of hydrogen-bond donors (Lipinski definition) is 1. The maximum absolute atomic E-state index is 12.8. The van der Waals surface area contributed by atoms with Crippen molar-refractivity contribution in [3.63, 3.8) is 0 Å². The van der Waals surface area contributed by atoms with Crippen molar-refractivity contribution in [2.24, 2.45) is 5.73 Å². The molecular weight excluding hydrogens is 253 g/mol. The molecule has 0 aliphatic rings. The van der Waals surface area contributed by atoms with E-state index in [-0.39, 0.29) is 12.3 Å². The van der Waals surface area contributed by atoms with E-state index in [0.29, 0.717) is 5.56 Å². The van der Waals surface area contributed by atoms with Crippen LogP contribution in [0.4, 0.5) is 4.39 Å². The summed E-state index contributed by atoms with van der Waals surface area (Å²) in [6.07, 6.45) is 0. The van der Waals surface area contributed by atoms with Crippen LogP contribution in [-0.4, -0.2) is 18.5 Å². The van der Waals surface area contributed by atoms with Gasteiger partial charge in [0.1, 0.15) is 5.82 Å². The molecule has 19 heavy (non-hydrogen) atoms. The first kappa shape index (κ1) is 14.7. The minimum atomic E-state index is -0.848. The standard InChI is InChI=1S/C13H14FNO4/c1-3-18-13(17)12(19-8(2)16)11(15)9-4-6-10(14)7-5-9/h4-7H,3,15H2,1-2H3/b12-11-. The van der Waals surface area contributed by atoms with Crippen molar-refractivity contribution < 1.29 is 23.5 Å². The van der Waals surface area contributed by atoms with Crippen molar-refractivity contribution in [2.75, 3.05) is 6.61 Å². The van der Waals surface area contributed by atoms with E-state index in [4.69, 9.17) is 15.2 Å². The van der Waals surface area contributed by atoms with Gasteiger partial charge in [-0.3, -0.25) is 4.79 Å². The highest BCUT2D eigenvalue weighted by atomic mass is 19.1. The summed E-state index contributed by atoms with van der Waals surface area (Å²) in [4.78, 5) is 22.6. The first-order valence-corrected chi connectivity index (χ1v) is 5.57. The van der Waals surface area contributed by atoms with Crippen LogP contribution in [0.3, 0.4) is 0 Å². The number of carbonyl (C=O) groups excluding carboxylic acids is 2. The minimum Gasteiger partial charge on any atom is -0.460 e. The lowest BCUT2D eigenvalue weighted by Gasteiger charge is -2.10. The Labute approximate surface area is 109 Å². The average Bonchev–Trinajstić information content (AvgIpc) is 2.36. The molecule has 5 nitrogen and oxygen atoms in total. The Kier molecular flexibility index (Phi) is 5.05. The van der Waals surface area contributed by atoms with Crippen LogP contribution in [-0.2, 0) is 19.1 Å². The molecule has 0 saturated heterocycles. The molecule has 0 bridgehead atoms. The molecule has 0 radical (unpaired) electrons. The van der Waals surface area contributed by atoms with Crippen LogP contribution in [0.1, 0.15) is 19.4 Å². The molecule has 2 N–H and O–H groups in total. The number of hydrogen-bond acceptors (Lipinski definition) is 5. The van der Waals surface area contributed by atoms with Crippen LogP contribution < -0.4 is 5.73 Å². The van der Waals surface area contributed by atoms with E-state index in [1.807, 2.05) is 0 Å². The fourth-order valence-electron chi connectivity index (χ4n) is 1.31. The number of nitrogens with two attached hydrogens (primary N) is 1. The second-order valence-corrected chi connectivity index (χ2v) is 3.56. The molecule has 1 rings (SSSR count). The molecule has 0 spiro atoms. The van der Waals surface area contributed by atoms with Gasteiger partial charge < -0.3 is 15.2 Å². The number of esters is 2. The fraction of sp³-hybridized carbons (Fsp3) is 0.231. The molecule has 1 aromatic rings. The Balaban J connectivity index is 3.18. The van der Waals surface area contributed by atoms with Gasteiger partial charge in [0.05, 0.1) is 12.3 Å². The zero-order valence-electron chi connectivity index (χ0n) is 10.6. The maximum atomic E-state index is 12.8. The van der Waals surface area contributed by atoms with E-state index < -0.39 is 23.5 Å². The van der Waals surface area contributed by atoms with Crippen LogP contribution in [0, 0.1) is 5.82 Å². The molecular formula is C13H14FNO4. The third kappa shape index (κ3) is 4.09. The van der Waals surface area contributed by atoms with Crippen LogP contribution in [0.15, 0.2) is 30.0 Å². The number of benzene rings is 1. The molecule has 0 unspecified atom stereocenters. The minimum absolute atomic E-state index is 0.0892. The smallest absolute Gasteiger partial charge is 0.376 e. The lowest BCUT2D eigenvalue weighted by Crippen LogP contribution is -2.18. The monoisotopic (exact) mass is 267 g/mol. The largest absolute Gasteiger partial charge is 0.460 e. The van der Waals surface area contributed by atoms with Crippen LogP contribution >= 0.6 is 0 Å². The molecule has 6 heteroatoms. The number of rotatable bonds is 4. The number of halogens is 1. The zero-order chi connectivity index (χ0) is 14.4. The molecule has 0 heterocycles. The van der Waals surface area contributed by atoms with E-state index in [0.717, 1.165) is 6.92 Å². The topological polar surface area (TPSA) is 78.6 Å². The molecule has 0 saturated carbocycles. The van der Waals surface area contributed by atoms with Gasteiger partial charge in [0.2, 0.25) is 5.76 Å². The summed E-state index contributed by atoms with van der Waals surface area (Å²) in [5.41, 5.74) is 6.01. The van der Waals surface area contributed by atoms with Crippen molar-refractivity contribution in [3.8, 4) is 0 Å². The van der Waals surface area contributed by atoms with Crippen molar-refractivity contribution in [2.45, 2.75) is 13.8 Å². The second kappa shape index (κ2) is 6.53. The molecule has 1 aromatic carbocycles. The van der Waals surface area contributed by atoms with Gasteiger partial charge in [-0.25, -0.2) is 9.18 Å². The SMILES string of the molecule is CCOC(=O)/C(OC(C)=O)=C(/N)c1ccc(F)cc1. The quantitative estimate of drug-likeness (QED) is 0.509. The van der Waals surface area contributed by atoms with Crippen LogP contribution in [0.5, 0.6) is 0 Å².